The first-order chi connectivity index (χ1) is 7.81. The van der Waals surface area contributed by atoms with Crippen LogP contribution in [0.4, 0.5) is 5.69 Å². The van der Waals surface area contributed by atoms with Gasteiger partial charge in [-0.1, -0.05) is 30.3 Å². The second kappa shape index (κ2) is 3.01. The van der Waals surface area contributed by atoms with E-state index in [4.69, 9.17) is 15.4 Å². The molecule has 0 aliphatic heterocycles. The van der Waals surface area contributed by atoms with Crippen molar-refractivity contribution in [3.05, 3.63) is 42.2 Å². The van der Waals surface area contributed by atoms with E-state index >= 15 is 0 Å². The molecular weight excluding hydrogens is 200 g/mol. The Bertz CT molecular complexity index is 735. The number of hydrogen-bond donors (Lipinski definition) is 1. The Labute approximate surface area is 91.7 Å². The molecule has 0 saturated heterocycles. The number of anilines is 1. The number of nitrogen functional groups attached to an aromatic ring is 1. The fourth-order valence-corrected chi connectivity index (χ4v) is 1.98. The average molecular weight is 208 g/mol. The van der Waals surface area contributed by atoms with Gasteiger partial charge in [0, 0.05) is 0 Å². The number of nitrogens with zero attached hydrogens (tertiary/aromatic N) is 1. The SMILES string of the molecule is N#Cc1oc2ccc3ccccc3c2c1N. The molecule has 2 aromatic carbocycles. The van der Waals surface area contributed by atoms with E-state index in [-0.39, 0.29) is 5.76 Å². The highest BCUT2D eigenvalue weighted by Crippen LogP contribution is 2.33. The maximum atomic E-state index is 8.87. The summed E-state index contributed by atoms with van der Waals surface area (Å²) in [6.45, 7) is 0. The van der Waals surface area contributed by atoms with Gasteiger partial charge in [-0.2, -0.15) is 5.26 Å². The Kier molecular flexibility index (Phi) is 1.66. The molecule has 76 valence electrons. The molecule has 0 radical (unpaired) electrons. The third kappa shape index (κ3) is 1.01. The third-order valence-corrected chi connectivity index (χ3v) is 2.72. The van der Waals surface area contributed by atoms with Crippen LogP contribution in [0.5, 0.6) is 0 Å². The molecule has 0 atom stereocenters. The van der Waals surface area contributed by atoms with Crippen molar-refractivity contribution in [3.63, 3.8) is 0 Å². The minimum Gasteiger partial charge on any atom is -0.443 e. The minimum atomic E-state index is 0.186. The van der Waals surface area contributed by atoms with Crippen LogP contribution in [0.3, 0.4) is 0 Å². The van der Waals surface area contributed by atoms with Crippen molar-refractivity contribution in [1.29, 1.82) is 5.26 Å². The van der Waals surface area contributed by atoms with Crippen molar-refractivity contribution >= 4 is 27.4 Å². The number of hydrogen-bond acceptors (Lipinski definition) is 3. The molecule has 3 heteroatoms. The highest BCUT2D eigenvalue weighted by Gasteiger charge is 2.12. The number of furan rings is 1. The lowest BCUT2D eigenvalue weighted by Gasteiger charge is -1.98. The normalized spacial score (nSPS) is 10.7. The predicted molar refractivity (Wildman–Crippen MR) is 62.8 cm³/mol. The van der Waals surface area contributed by atoms with Crippen molar-refractivity contribution in [3.8, 4) is 6.07 Å². The molecule has 0 saturated carbocycles. The van der Waals surface area contributed by atoms with Crippen LogP contribution in [0.2, 0.25) is 0 Å². The van der Waals surface area contributed by atoms with Gasteiger partial charge in [0.15, 0.2) is 0 Å². The van der Waals surface area contributed by atoms with Crippen LogP contribution < -0.4 is 5.73 Å². The van der Waals surface area contributed by atoms with E-state index in [1.807, 2.05) is 42.5 Å². The Hall–Kier alpha value is -2.47. The molecule has 0 fully saturated rings. The molecule has 2 N–H and O–H groups in total. The van der Waals surface area contributed by atoms with Gasteiger partial charge in [0.25, 0.3) is 0 Å². The first kappa shape index (κ1) is 8.81. The van der Waals surface area contributed by atoms with Gasteiger partial charge in [0.1, 0.15) is 11.7 Å². The van der Waals surface area contributed by atoms with Crippen LogP contribution >= 0.6 is 0 Å². The Balaban J connectivity index is 2.60. The Morgan fingerprint density at radius 3 is 2.75 bits per heavy atom. The van der Waals surface area contributed by atoms with Gasteiger partial charge in [-0.25, -0.2) is 0 Å². The number of fused-ring (bicyclic) bond motifs is 3. The molecule has 16 heavy (non-hydrogen) atoms. The Morgan fingerprint density at radius 1 is 1.12 bits per heavy atom. The van der Waals surface area contributed by atoms with Crippen molar-refractivity contribution in [1.82, 2.24) is 0 Å². The fourth-order valence-electron chi connectivity index (χ4n) is 1.98. The molecule has 0 unspecified atom stereocenters. The molecular formula is C13H8N2O. The van der Waals surface area contributed by atoms with Crippen LogP contribution in [0.25, 0.3) is 21.7 Å². The van der Waals surface area contributed by atoms with E-state index in [1.54, 1.807) is 0 Å². The summed E-state index contributed by atoms with van der Waals surface area (Å²) in [6.07, 6.45) is 0. The summed E-state index contributed by atoms with van der Waals surface area (Å²) in [7, 11) is 0. The molecule has 0 aliphatic rings. The van der Waals surface area contributed by atoms with Crippen LogP contribution in [-0.4, -0.2) is 0 Å². The first-order valence-corrected chi connectivity index (χ1v) is 4.91. The molecule has 3 aromatic rings. The highest BCUT2D eigenvalue weighted by atomic mass is 16.3. The summed E-state index contributed by atoms with van der Waals surface area (Å²) in [5, 5.41) is 11.8. The third-order valence-electron chi connectivity index (χ3n) is 2.72. The van der Waals surface area contributed by atoms with Crippen LogP contribution in [0, 0.1) is 11.3 Å². The topological polar surface area (TPSA) is 63.0 Å². The smallest absolute Gasteiger partial charge is 0.227 e. The molecule has 0 spiro atoms. The van der Waals surface area contributed by atoms with E-state index < -0.39 is 0 Å². The summed E-state index contributed by atoms with van der Waals surface area (Å²) in [5.41, 5.74) is 6.98. The largest absolute Gasteiger partial charge is 0.443 e. The van der Waals surface area contributed by atoms with Crippen LogP contribution in [-0.2, 0) is 0 Å². The van der Waals surface area contributed by atoms with Crippen LogP contribution in [0.15, 0.2) is 40.8 Å². The van der Waals surface area contributed by atoms with Crippen molar-refractivity contribution < 1.29 is 4.42 Å². The summed E-state index contributed by atoms with van der Waals surface area (Å²) >= 11 is 0. The lowest BCUT2D eigenvalue weighted by atomic mass is 10.1. The van der Waals surface area contributed by atoms with Gasteiger partial charge in [-0.3, -0.25) is 0 Å². The van der Waals surface area contributed by atoms with Gasteiger partial charge < -0.3 is 10.2 Å². The molecule has 3 rings (SSSR count). The van der Waals surface area contributed by atoms with Crippen LogP contribution in [0.1, 0.15) is 5.76 Å². The predicted octanol–water partition coefficient (Wildman–Crippen LogP) is 3.04. The fraction of sp³-hybridized carbons (Fsp3) is 0. The standard InChI is InChI=1S/C13H8N2O/c14-7-11-13(15)12-9-4-2-1-3-8(9)5-6-10(12)16-11/h1-6H,15H2. The summed E-state index contributed by atoms with van der Waals surface area (Å²) in [5.74, 6) is 0.186. The summed E-state index contributed by atoms with van der Waals surface area (Å²) in [4.78, 5) is 0. The maximum Gasteiger partial charge on any atom is 0.227 e. The highest BCUT2D eigenvalue weighted by molar-refractivity contribution is 6.12. The van der Waals surface area contributed by atoms with Gasteiger partial charge in [-0.05, 0) is 16.8 Å². The second-order valence-electron chi connectivity index (χ2n) is 3.62. The van der Waals surface area contributed by atoms with Crippen molar-refractivity contribution in [2.24, 2.45) is 0 Å². The van der Waals surface area contributed by atoms with Gasteiger partial charge in [0.2, 0.25) is 5.76 Å². The average Bonchev–Trinajstić information content (AvgIpc) is 2.66. The number of rotatable bonds is 0. The van der Waals surface area contributed by atoms with Gasteiger partial charge in [0.05, 0.1) is 11.1 Å². The molecule has 0 aliphatic carbocycles. The monoisotopic (exact) mass is 208 g/mol. The van der Waals surface area contributed by atoms with E-state index in [0.29, 0.717) is 11.3 Å². The zero-order valence-electron chi connectivity index (χ0n) is 8.40. The minimum absolute atomic E-state index is 0.186. The molecule has 1 aromatic heterocycles. The maximum absolute atomic E-state index is 8.87. The Morgan fingerprint density at radius 2 is 1.94 bits per heavy atom. The number of benzene rings is 2. The molecule has 3 nitrogen and oxygen atoms in total. The lowest BCUT2D eigenvalue weighted by Crippen LogP contribution is -1.85. The van der Waals surface area contributed by atoms with E-state index in [9.17, 15) is 0 Å². The molecule has 0 bridgehead atoms. The summed E-state index contributed by atoms with van der Waals surface area (Å²) in [6, 6.07) is 13.7. The first-order valence-electron chi connectivity index (χ1n) is 4.91. The second-order valence-corrected chi connectivity index (χ2v) is 3.62. The number of nitriles is 1. The molecule has 1 heterocycles. The van der Waals surface area contributed by atoms with E-state index in [1.165, 1.54) is 0 Å². The van der Waals surface area contributed by atoms with Crippen molar-refractivity contribution in [2.45, 2.75) is 0 Å². The zero-order chi connectivity index (χ0) is 11.1. The van der Waals surface area contributed by atoms with Gasteiger partial charge >= 0.3 is 0 Å². The zero-order valence-corrected chi connectivity index (χ0v) is 8.40. The van der Waals surface area contributed by atoms with E-state index in [0.717, 1.165) is 16.2 Å². The van der Waals surface area contributed by atoms with Crippen molar-refractivity contribution in [2.75, 3.05) is 5.73 Å². The van der Waals surface area contributed by atoms with E-state index in [2.05, 4.69) is 0 Å². The number of nitrogens with two attached hydrogens (primary N) is 1. The summed E-state index contributed by atoms with van der Waals surface area (Å²) < 4.78 is 5.37. The quantitative estimate of drug-likeness (QED) is 0.617. The lowest BCUT2D eigenvalue weighted by molar-refractivity contribution is 0.601. The van der Waals surface area contributed by atoms with Gasteiger partial charge in [-0.15, -0.1) is 0 Å². The molecule has 0 amide bonds.